The molecular weight excluding hydrogens is 332 g/mol. The summed E-state index contributed by atoms with van der Waals surface area (Å²) in [6.07, 6.45) is 1.83. The van der Waals surface area contributed by atoms with Crippen LogP contribution in [0.3, 0.4) is 0 Å². The molecule has 2 aromatic rings. The molecule has 0 spiro atoms. The van der Waals surface area contributed by atoms with E-state index in [1.165, 1.54) is 5.56 Å². The van der Waals surface area contributed by atoms with Gasteiger partial charge in [-0.05, 0) is 71.2 Å². The first-order valence-electron chi connectivity index (χ1n) is 8.87. The number of phenols is 1. The molecule has 2 aromatic carbocycles. The van der Waals surface area contributed by atoms with Gasteiger partial charge in [0.1, 0.15) is 0 Å². The molecule has 26 heavy (non-hydrogen) atoms. The largest absolute Gasteiger partial charge is 0.504 e. The lowest BCUT2D eigenvalue weighted by Gasteiger charge is -2.26. The molecule has 2 atom stereocenters. The molecule has 0 amide bonds. The molecule has 0 saturated carbocycles. The number of fused-ring (bicyclic) bond motifs is 4. The average molecular weight is 356 g/mol. The van der Waals surface area contributed by atoms with Crippen molar-refractivity contribution in [1.29, 1.82) is 0 Å². The molecule has 1 fully saturated rings. The second-order valence-electron chi connectivity index (χ2n) is 7.01. The van der Waals surface area contributed by atoms with E-state index in [4.69, 9.17) is 18.9 Å². The molecule has 0 bridgehead atoms. The lowest BCUT2D eigenvalue weighted by Crippen LogP contribution is -2.20. The fourth-order valence-electron chi connectivity index (χ4n) is 4.19. The van der Waals surface area contributed by atoms with Crippen LogP contribution in [0.15, 0.2) is 24.3 Å². The summed E-state index contributed by atoms with van der Waals surface area (Å²) in [5, 5.41) is 10.4. The number of phenolic OH excluding ortho intramolecular Hbond substituents is 1. The van der Waals surface area contributed by atoms with Gasteiger partial charge in [-0.3, -0.25) is 0 Å². The fraction of sp³-hybridized carbons (Fsp3) is 0.429. The Morgan fingerprint density at radius 3 is 1.85 bits per heavy atom. The number of aromatic hydroxyl groups is 1. The smallest absolute Gasteiger partial charge is 0.161 e. The normalized spacial score (nSPS) is 21.0. The summed E-state index contributed by atoms with van der Waals surface area (Å²) in [5.41, 5.74) is 4.44. The monoisotopic (exact) mass is 356 g/mol. The topological polar surface area (TPSA) is 57.2 Å². The van der Waals surface area contributed by atoms with Gasteiger partial charge in [0.05, 0.1) is 34.5 Å². The molecule has 1 aliphatic carbocycles. The first kappa shape index (κ1) is 17.0. The molecule has 1 aliphatic heterocycles. The maximum absolute atomic E-state index is 10.4. The van der Waals surface area contributed by atoms with Crippen LogP contribution in [0, 0.1) is 11.8 Å². The summed E-state index contributed by atoms with van der Waals surface area (Å²) in [7, 11) is 4.87. The van der Waals surface area contributed by atoms with E-state index in [1.54, 1.807) is 27.4 Å². The van der Waals surface area contributed by atoms with Gasteiger partial charge in [0.2, 0.25) is 0 Å². The van der Waals surface area contributed by atoms with Crippen LogP contribution in [0.2, 0.25) is 0 Å². The van der Waals surface area contributed by atoms with E-state index in [0.29, 0.717) is 23.3 Å². The predicted octanol–water partition coefficient (Wildman–Crippen LogP) is 3.45. The van der Waals surface area contributed by atoms with Crippen LogP contribution in [0.4, 0.5) is 0 Å². The van der Waals surface area contributed by atoms with Gasteiger partial charge in [-0.2, -0.15) is 0 Å². The highest BCUT2D eigenvalue weighted by molar-refractivity contribution is 5.77. The van der Waals surface area contributed by atoms with E-state index in [-0.39, 0.29) is 5.75 Å². The van der Waals surface area contributed by atoms with Gasteiger partial charge >= 0.3 is 0 Å². The van der Waals surface area contributed by atoms with Crippen molar-refractivity contribution in [2.75, 3.05) is 34.5 Å². The lowest BCUT2D eigenvalue weighted by atomic mass is 9.78. The SMILES string of the molecule is COc1cc2c(cc1O)-c1cc(OC)c(OC)cc1C[C@H]1COC[C@@H]1C2. The van der Waals surface area contributed by atoms with Crippen LogP contribution in [0.1, 0.15) is 11.1 Å². The van der Waals surface area contributed by atoms with E-state index in [9.17, 15) is 5.11 Å². The predicted molar refractivity (Wildman–Crippen MR) is 98.4 cm³/mol. The van der Waals surface area contributed by atoms with Crippen molar-refractivity contribution in [2.24, 2.45) is 11.8 Å². The van der Waals surface area contributed by atoms with Gasteiger partial charge in [-0.25, -0.2) is 0 Å². The molecule has 5 nitrogen and oxygen atoms in total. The van der Waals surface area contributed by atoms with Crippen LogP contribution in [-0.4, -0.2) is 39.6 Å². The lowest BCUT2D eigenvalue weighted by molar-refractivity contribution is 0.180. The van der Waals surface area contributed by atoms with Gasteiger partial charge in [-0.15, -0.1) is 0 Å². The molecule has 138 valence electrons. The molecule has 1 heterocycles. The molecule has 1 N–H and O–H groups in total. The van der Waals surface area contributed by atoms with Crippen LogP contribution in [-0.2, 0) is 17.6 Å². The van der Waals surface area contributed by atoms with Crippen LogP contribution < -0.4 is 14.2 Å². The Hall–Kier alpha value is -2.40. The van der Waals surface area contributed by atoms with Gasteiger partial charge < -0.3 is 24.1 Å². The summed E-state index contributed by atoms with van der Waals surface area (Å²) < 4.78 is 22.1. The second kappa shape index (κ2) is 6.72. The van der Waals surface area contributed by atoms with Crippen molar-refractivity contribution < 1.29 is 24.1 Å². The van der Waals surface area contributed by atoms with E-state index in [2.05, 4.69) is 6.07 Å². The van der Waals surface area contributed by atoms with E-state index in [0.717, 1.165) is 48.5 Å². The number of rotatable bonds is 3. The summed E-state index contributed by atoms with van der Waals surface area (Å²) in [4.78, 5) is 0. The number of ether oxygens (including phenoxy) is 4. The molecule has 1 saturated heterocycles. The fourth-order valence-corrected chi connectivity index (χ4v) is 4.19. The Bertz CT molecular complexity index is 830. The van der Waals surface area contributed by atoms with Gasteiger partial charge in [0.15, 0.2) is 23.0 Å². The minimum atomic E-state index is 0.145. The molecule has 0 unspecified atom stereocenters. The third-order valence-electron chi connectivity index (χ3n) is 5.60. The highest BCUT2D eigenvalue weighted by atomic mass is 16.5. The van der Waals surface area contributed by atoms with Crippen LogP contribution in [0.5, 0.6) is 23.0 Å². The minimum absolute atomic E-state index is 0.145. The zero-order valence-corrected chi connectivity index (χ0v) is 15.4. The zero-order chi connectivity index (χ0) is 18.3. The van der Waals surface area contributed by atoms with Crippen molar-refractivity contribution in [1.82, 2.24) is 0 Å². The van der Waals surface area contributed by atoms with Crippen molar-refractivity contribution in [3.8, 4) is 34.1 Å². The quantitative estimate of drug-likeness (QED) is 0.913. The molecule has 2 aliphatic rings. The van der Waals surface area contributed by atoms with Gasteiger partial charge in [0.25, 0.3) is 0 Å². The molecule has 5 heteroatoms. The molecule has 4 rings (SSSR count). The maximum Gasteiger partial charge on any atom is 0.161 e. The van der Waals surface area contributed by atoms with Crippen molar-refractivity contribution >= 4 is 0 Å². The molecule has 0 aromatic heterocycles. The number of hydrogen-bond donors (Lipinski definition) is 1. The first-order valence-corrected chi connectivity index (χ1v) is 8.87. The van der Waals surface area contributed by atoms with Crippen LogP contribution >= 0.6 is 0 Å². The van der Waals surface area contributed by atoms with E-state index in [1.807, 2.05) is 12.1 Å². The Labute approximate surface area is 153 Å². The summed E-state index contributed by atoms with van der Waals surface area (Å²) >= 11 is 0. The second-order valence-corrected chi connectivity index (χ2v) is 7.01. The Morgan fingerprint density at radius 1 is 0.769 bits per heavy atom. The standard InChI is InChI=1S/C21H24O5/c1-23-19-6-12-4-14-10-26-11-15(14)5-13-7-20(24-2)21(25-3)9-17(13)16(12)8-18(19)22/h6-9,14-15,22H,4-5,10-11H2,1-3H3/t14-,15-/m0/s1. The molecular formula is C21H24O5. The minimum Gasteiger partial charge on any atom is -0.504 e. The van der Waals surface area contributed by atoms with Crippen molar-refractivity contribution in [2.45, 2.75) is 12.8 Å². The Balaban J connectivity index is 1.95. The third-order valence-corrected chi connectivity index (χ3v) is 5.60. The summed E-state index contributed by atoms with van der Waals surface area (Å²) in [6.45, 7) is 1.55. The summed E-state index contributed by atoms with van der Waals surface area (Å²) in [5.74, 6) is 2.99. The number of hydrogen-bond acceptors (Lipinski definition) is 5. The maximum atomic E-state index is 10.4. The Kier molecular flexibility index (Phi) is 4.41. The zero-order valence-electron chi connectivity index (χ0n) is 15.4. The van der Waals surface area contributed by atoms with Gasteiger partial charge in [-0.1, -0.05) is 0 Å². The number of methoxy groups -OCH3 is 3. The first-order chi connectivity index (χ1) is 12.6. The van der Waals surface area contributed by atoms with Gasteiger partial charge in [0, 0.05) is 0 Å². The van der Waals surface area contributed by atoms with E-state index >= 15 is 0 Å². The highest BCUT2D eigenvalue weighted by Crippen LogP contribution is 2.45. The molecule has 0 radical (unpaired) electrons. The van der Waals surface area contributed by atoms with Crippen molar-refractivity contribution in [3.05, 3.63) is 35.4 Å². The highest BCUT2D eigenvalue weighted by Gasteiger charge is 2.33. The average Bonchev–Trinajstić information content (AvgIpc) is 3.07. The Morgan fingerprint density at radius 2 is 1.27 bits per heavy atom. The number of benzene rings is 2. The van der Waals surface area contributed by atoms with Crippen LogP contribution in [0.25, 0.3) is 11.1 Å². The van der Waals surface area contributed by atoms with Crippen molar-refractivity contribution in [3.63, 3.8) is 0 Å². The summed E-state index contributed by atoms with van der Waals surface area (Å²) in [6, 6.07) is 7.82. The third kappa shape index (κ3) is 2.76. The van der Waals surface area contributed by atoms with E-state index < -0.39 is 0 Å².